The van der Waals surface area contributed by atoms with Crippen molar-refractivity contribution in [1.29, 1.82) is 0 Å². The van der Waals surface area contributed by atoms with Gasteiger partial charge in [-0.05, 0) is 42.7 Å². The van der Waals surface area contributed by atoms with Crippen molar-refractivity contribution in [3.05, 3.63) is 65.7 Å². The van der Waals surface area contributed by atoms with E-state index in [0.717, 1.165) is 11.3 Å². The van der Waals surface area contributed by atoms with E-state index in [0.29, 0.717) is 31.6 Å². The van der Waals surface area contributed by atoms with Crippen LogP contribution >= 0.6 is 0 Å². The van der Waals surface area contributed by atoms with Crippen LogP contribution in [0.5, 0.6) is 5.75 Å². The molecule has 4 heteroatoms. The van der Waals surface area contributed by atoms with Gasteiger partial charge in [-0.25, -0.2) is 0 Å². The monoisotopic (exact) mass is 313 g/mol. The summed E-state index contributed by atoms with van der Waals surface area (Å²) in [5.74, 6) is 0.592. The number of ether oxygens (including phenoxy) is 1. The summed E-state index contributed by atoms with van der Waals surface area (Å²) in [6, 6.07) is 17.0. The van der Waals surface area contributed by atoms with E-state index in [1.165, 1.54) is 0 Å². The molecule has 0 radical (unpaired) electrons. The zero-order valence-electron chi connectivity index (χ0n) is 13.4. The minimum atomic E-state index is -0.357. The average molecular weight is 313 g/mol. The van der Waals surface area contributed by atoms with Crippen LogP contribution in [0.3, 0.4) is 0 Å². The van der Waals surface area contributed by atoms with E-state index in [1.807, 2.05) is 37.3 Å². The number of aliphatic hydroxyl groups is 1. The van der Waals surface area contributed by atoms with Crippen molar-refractivity contribution in [2.75, 3.05) is 6.54 Å². The molecule has 0 heterocycles. The smallest absolute Gasteiger partial charge is 0.251 e. The lowest BCUT2D eigenvalue weighted by Gasteiger charge is -2.10. The summed E-state index contributed by atoms with van der Waals surface area (Å²) in [7, 11) is 0. The molecule has 0 aliphatic carbocycles. The third kappa shape index (κ3) is 5.75. The molecule has 0 aliphatic rings. The summed E-state index contributed by atoms with van der Waals surface area (Å²) in [6.07, 6.45) is 0.910. The van der Waals surface area contributed by atoms with E-state index in [4.69, 9.17) is 4.74 Å². The largest absolute Gasteiger partial charge is 0.489 e. The van der Waals surface area contributed by atoms with Gasteiger partial charge in [-0.1, -0.05) is 37.3 Å². The summed E-state index contributed by atoms with van der Waals surface area (Å²) in [6.45, 7) is 2.89. The standard InChI is InChI=1S/C19H23NO3/c1-2-17(21)12-13-20-19(22)16-8-10-18(11-9-16)23-14-15-6-4-3-5-7-15/h3-11,17,21H,2,12-14H2,1H3,(H,20,22). The van der Waals surface area contributed by atoms with Gasteiger partial charge >= 0.3 is 0 Å². The Bertz CT molecular complexity index is 596. The first-order valence-corrected chi connectivity index (χ1v) is 7.92. The minimum absolute atomic E-state index is 0.136. The summed E-state index contributed by atoms with van der Waals surface area (Å²) in [5, 5.41) is 12.3. The van der Waals surface area contributed by atoms with E-state index < -0.39 is 0 Å². The first-order chi connectivity index (χ1) is 11.2. The van der Waals surface area contributed by atoms with E-state index in [9.17, 15) is 9.90 Å². The number of amides is 1. The molecule has 1 amide bonds. The third-order valence-corrected chi connectivity index (χ3v) is 3.60. The highest BCUT2D eigenvalue weighted by molar-refractivity contribution is 5.94. The molecule has 23 heavy (non-hydrogen) atoms. The number of hydrogen-bond acceptors (Lipinski definition) is 3. The van der Waals surface area contributed by atoms with Crippen molar-refractivity contribution in [2.24, 2.45) is 0 Å². The van der Waals surface area contributed by atoms with Crippen molar-refractivity contribution in [1.82, 2.24) is 5.32 Å². The first-order valence-electron chi connectivity index (χ1n) is 7.92. The van der Waals surface area contributed by atoms with Crippen molar-refractivity contribution >= 4 is 5.91 Å². The highest BCUT2D eigenvalue weighted by Crippen LogP contribution is 2.14. The Balaban J connectivity index is 1.80. The molecule has 122 valence electrons. The van der Waals surface area contributed by atoms with E-state index in [1.54, 1.807) is 24.3 Å². The fourth-order valence-electron chi connectivity index (χ4n) is 2.10. The zero-order valence-corrected chi connectivity index (χ0v) is 13.4. The maximum absolute atomic E-state index is 12.0. The molecule has 2 aromatic rings. The van der Waals surface area contributed by atoms with Crippen LogP contribution in [-0.4, -0.2) is 23.7 Å². The number of nitrogens with one attached hydrogen (secondary N) is 1. The van der Waals surface area contributed by atoms with Gasteiger partial charge < -0.3 is 15.2 Å². The fraction of sp³-hybridized carbons (Fsp3) is 0.316. The highest BCUT2D eigenvalue weighted by atomic mass is 16.5. The van der Waals surface area contributed by atoms with Gasteiger partial charge in [-0.3, -0.25) is 4.79 Å². The molecular weight excluding hydrogens is 290 g/mol. The molecule has 2 aromatic carbocycles. The number of rotatable bonds is 8. The lowest BCUT2D eigenvalue weighted by Crippen LogP contribution is -2.26. The van der Waals surface area contributed by atoms with Gasteiger partial charge in [0.25, 0.3) is 5.91 Å². The van der Waals surface area contributed by atoms with Crippen LogP contribution in [0.2, 0.25) is 0 Å². The topological polar surface area (TPSA) is 58.6 Å². The summed E-state index contributed by atoms with van der Waals surface area (Å²) >= 11 is 0. The number of carbonyl (C=O) groups is 1. The van der Waals surface area contributed by atoms with Crippen molar-refractivity contribution in [3.8, 4) is 5.75 Å². The second-order valence-electron chi connectivity index (χ2n) is 5.41. The van der Waals surface area contributed by atoms with Crippen LogP contribution in [0.15, 0.2) is 54.6 Å². The Morgan fingerprint density at radius 3 is 2.48 bits per heavy atom. The van der Waals surface area contributed by atoms with Crippen molar-refractivity contribution in [3.63, 3.8) is 0 Å². The van der Waals surface area contributed by atoms with Crippen LogP contribution in [-0.2, 0) is 6.61 Å². The zero-order chi connectivity index (χ0) is 16.5. The van der Waals surface area contributed by atoms with Gasteiger partial charge in [0, 0.05) is 12.1 Å². The number of carbonyl (C=O) groups excluding carboxylic acids is 1. The van der Waals surface area contributed by atoms with Crippen LogP contribution in [0.4, 0.5) is 0 Å². The van der Waals surface area contributed by atoms with Crippen molar-refractivity contribution < 1.29 is 14.6 Å². The molecule has 0 fully saturated rings. The Morgan fingerprint density at radius 2 is 1.83 bits per heavy atom. The molecule has 0 aromatic heterocycles. The van der Waals surface area contributed by atoms with E-state index >= 15 is 0 Å². The molecule has 0 saturated heterocycles. The maximum atomic E-state index is 12.0. The second-order valence-corrected chi connectivity index (χ2v) is 5.41. The van der Waals surface area contributed by atoms with Gasteiger partial charge in [-0.15, -0.1) is 0 Å². The maximum Gasteiger partial charge on any atom is 0.251 e. The van der Waals surface area contributed by atoms with Crippen LogP contribution in [0.1, 0.15) is 35.7 Å². The molecule has 4 nitrogen and oxygen atoms in total. The van der Waals surface area contributed by atoms with Gasteiger partial charge in [0.1, 0.15) is 12.4 Å². The molecule has 2 rings (SSSR count). The lowest BCUT2D eigenvalue weighted by molar-refractivity contribution is 0.0942. The van der Waals surface area contributed by atoms with E-state index in [-0.39, 0.29) is 12.0 Å². The first kappa shape index (κ1) is 17.0. The molecule has 1 atom stereocenters. The van der Waals surface area contributed by atoms with Gasteiger partial charge in [0.15, 0.2) is 0 Å². The van der Waals surface area contributed by atoms with Gasteiger partial charge in [0.05, 0.1) is 6.10 Å². The summed E-state index contributed by atoms with van der Waals surface area (Å²) < 4.78 is 5.69. The third-order valence-electron chi connectivity index (χ3n) is 3.60. The number of hydrogen-bond donors (Lipinski definition) is 2. The molecule has 0 spiro atoms. The fourth-order valence-corrected chi connectivity index (χ4v) is 2.10. The Labute approximate surface area is 137 Å². The predicted molar refractivity (Wildman–Crippen MR) is 90.5 cm³/mol. The quantitative estimate of drug-likeness (QED) is 0.787. The minimum Gasteiger partial charge on any atom is -0.489 e. The Kier molecular flexibility index (Phi) is 6.63. The van der Waals surface area contributed by atoms with Crippen LogP contribution in [0.25, 0.3) is 0 Å². The van der Waals surface area contributed by atoms with Gasteiger partial charge in [0.2, 0.25) is 0 Å². The molecule has 2 N–H and O–H groups in total. The normalized spacial score (nSPS) is 11.7. The Morgan fingerprint density at radius 1 is 1.13 bits per heavy atom. The SMILES string of the molecule is CCC(O)CCNC(=O)c1ccc(OCc2ccccc2)cc1. The van der Waals surface area contributed by atoms with Crippen LogP contribution < -0.4 is 10.1 Å². The van der Waals surface area contributed by atoms with Gasteiger partial charge in [-0.2, -0.15) is 0 Å². The molecule has 0 bridgehead atoms. The number of benzene rings is 2. The van der Waals surface area contributed by atoms with Crippen LogP contribution in [0, 0.1) is 0 Å². The van der Waals surface area contributed by atoms with Crippen molar-refractivity contribution in [2.45, 2.75) is 32.5 Å². The van der Waals surface area contributed by atoms with E-state index in [2.05, 4.69) is 5.32 Å². The molecule has 1 unspecified atom stereocenters. The number of aliphatic hydroxyl groups excluding tert-OH is 1. The predicted octanol–water partition coefficient (Wildman–Crippen LogP) is 3.16. The molecule has 0 aliphatic heterocycles. The Hall–Kier alpha value is -2.33. The highest BCUT2D eigenvalue weighted by Gasteiger charge is 2.07. The average Bonchev–Trinajstić information content (AvgIpc) is 2.61. The summed E-state index contributed by atoms with van der Waals surface area (Å²) in [4.78, 5) is 12.0. The second kappa shape index (κ2) is 8.96. The molecular formula is C19H23NO3. The lowest BCUT2D eigenvalue weighted by atomic mass is 10.2. The summed E-state index contributed by atoms with van der Waals surface area (Å²) in [5.41, 5.74) is 1.69. The molecule has 0 saturated carbocycles.